The van der Waals surface area contributed by atoms with Crippen LogP contribution in [0.15, 0.2) is 40.8 Å². The molecule has 5 heteroatoms. The number of para-hydroxylation sites is 1. The molecular formula is C18H19NO2S2. The van der Waals surface area contributed by atoms with Gasteiger partial charge < -0.3 is 4.74 Å². The number of fused-ring (bicyclic) bond motifs is 1. The van der Waals surface area contributed by atoms with Gasteiger partial charge in [0.05, 0.1) is 4.91 Å². The lowest BCUT2D eigenvalue weighted by Crippen LogP contribution is -2.29. The van der Waals surface area contributed by atoms with Crippen molar-refractivity contribution in [1.82, 2.24) is 4.90 Å². The summed E-state index contributed by atoms with van der Waals surface area (Å²) in [7, 11) is 0. The van der Waals surface area contributed by atoms with Gasteiger partial charge in [0.15, 0.2) is 0 Å². The smallest absolute Gasteiger partial charge is 0.266 e. The minimum absolute atomic E-state index is 0.0143. The fourth-order valence-electron chi connectivity index (χ4n) is 2.58. The Morgan fingerprint density at radius 1 is 1.39 bits per heavy atom. The van der Waals surface area contributed by atoms with E-state index in [9.17, 15) is 4.79 Å². The average molecular weight is 345 g/mol. The molecule has 2 aliphatic rings. The van der Waals surface area contributed by atoms with Gasteiger partial charge in [-0.3, -0.25) is 9.69 Å². The number of carbonyl (C=O) groups is 1. The van der Waals surface area contributed by atoms with Crippen molar-refractivity contribution in [3.05, 3.63) is 46.4 Å². The van der Waals surface area contributed by atoms with E-state index in [-0.39, 0.29) is 12.0 Å². The first-order valence-electron chi connectivity index (χ1n) is 7.82. The third-order valence-electron chi connectivity index (χ3n) is 3.92. The van der Waals surface area contributed by atoms with Crippen LogP contribution in [0.3, 0.4) is 0 Å². The molecule has 0 N–H and O–H groups in total. The summed E-state index contributed by atoms with van der Waals surface area (Å²) in [5.74, 6) is 0.896. The fourth-order valence-corrected chi connectivity index (χ4v) is 3.89. The number of carbonyl (C=O) groups excluding carboxylic acids is 1. The lowest BCUT2D eigenvalue weighted by molar-refractivity contribution is -0.122. The van der Waals surface area contributed by atoms with Gasteiger partial charge >= 0.3 is 0 Å². The van der Waals surface area contributed by atoms with Gasteiger partial charge in [-0.15, -0.1) is 0 Å². The Bertz CT molecular complexity index is 709. The van der Waals surface area contributed by atoms with Gasteiger partial charge in [-0.2, -0.15) is 0 Å². The molecule has 2 heterocycles. The van der Waals surface area contributed by atoms with Gasteiger partial charge in [-0.05, 0) is 37.1 Å². The molecule has 1 aromatic carbocycles. The molecule has 1 atom stereocenters. The van der Waals surface area contributed by atoms with E-state index in [1.165, 1.54) is 11.8 Å². The van der Waals surface area contributed by atoms with E-state index in [2.05, 4.69) is 13.0 Å². The van der Waals surface area contributed by atoms with E-state index >= 15 is 0 Å². The molecule has 2 aliphatic heterocycles. The van der Waals surface area contributed by atoms with Gasteiger partial charge in [0.1, 0.15) is 16.2 Å². The molecule has 0 spiro atoms. The Hall–Kier alpha value is -1.59. The number of thiocarbonyl (C=S) groups is 1. The van der Waals surface area contributed by atoms with Crippen LogP contribution in [0.5, 0.6) is 5.75 Å². The van der Waals surface area contributed by atoms with Crippen molar-refractivity contribution in [2.24, 2.45) is 0 Å². The maximum absolute atomic E-state index is 12.5. The van der Waals surface area contributed by atoms with Crippen molar-refractivity contribution >= 4 is 40.3 Å². The number of hydrogen-bond donors (Lipinski definition) is 0. The molecule has 1 unspecified atom stereocenters. The first kappa shape index (κ1) is 16.3. The van der Waals surface area contributed by atoms with E-state index < -0.39 is 0 Å². The number of nitrogens with zero attached hydrogens (tertiary/aromatic N) is 1. The predicted octanol–water partition coefficient (Wildman–Crippen LogP) is 4.40. The zero-order valence-corrected chi connectivity index (χ0v) is 14.9. The normalized spacial score (nSPS) is 22.2. The van der Waals surface area contributed by atoms with Crippen molar-refractivity contribution in [3.8, 4) is 5.75 Å². The van der Waals surface area contributed by atoms with Crippen molar-refractivity contribution in [2.75, 3.05) is 6.54 Å². The van der Waals surface area contributed by atoms with E-state index in [1.807, 2.05) is 37.3 Å². The predicted molar refractivity (Wildman–Crippen MR) is 99.4 cm³/mol. The first-order valence-corrected chi connectivity index (χ1v) is 9.05. The summed E-state index contributed by atoms with van der Waals surface area (Å²) in [6.45, 7) is 4.80. The van der Waals surface area contributed by atoms with Crippen LogP contribution in [-0.2, 0) is 4.79 Å². The fraction of sp³-hybridized carbons (Fsp3) is 0.333. The molecule has 23 heavy (non-hydrogen) atoms. The maximum atomic E-state index is 12.5. The van der Waals surface area contributed by atoms with E-state index in [0.29, 0.717) is 15.8 Å². The number of hydrogen-bond acceptors (Lipinski definition) is 4. The lowest BCUT2D eigenvalue weighted by atomic mass is 10.0. The molecule has 1 amide bonds. The van der Waals surface area contributed by atoms with Crippen LogP contribution in [-0.4, -0.2) is 27.8 Å². The van der Waals surface area contributed by atoms with Crippen LogP contribution in [0.25, 0.3) is 6.08 Å². The van der Waals surface area contributed by atoms with Crippen LogP contribution in [0, 0.1) is 0 Å². The Morgan fingerprint density at radius 3 is 2.96 bits per heavy atom. The second-order valence-electron chi connectivity index (χ2n) is 5.63. The highest BCUT2D eigenvalue weighted by atomic mass is 32.2. The van der Waals surface area contributed by atoms with Crippen molar-refractivity contribution in [1.29, 1.82) is 0 Å². The Kier molecular flexibility index (Phi) is 4.87. The van der Waals surface area contributed by atoms with Gasteiger partial charge in [0.25, 0.3) is 5.91 Å². The molecule has 3 nitrogen and oxygen atoms in total. The zero-order chi connectivity index (χ0) is 16.4. The molecule has 1 aromatic rings. The number of benzene rings is 1. The van der Waals surface area contributed by atoms with Gasteiger partial charge in [-0.1, -0.05) is 55.5 Å². The standard InChI is InChI=1S/C18H19NO2S2/c1-3-4-9-19-17(20)16(23-18(19)22)11-14-10-13-7-5-6-8-15(13)21-12(14)2/h5-8,10-12H,3-4,9H2,1-2H3. The highest BCUT2D eigenvalue weighted by molar-refractivity contribution is 8.26. The molecular weight excluding hydrogens is 326 g/mol. The molecule has 1 saturated heterocycles. The van der Waals surface area contributed by atoms with Crippen LogP contribution in [0.2, 0.25) is 0 Å². The van der Waals surface area contributed by atoms with Gasteiger partial charge in [-0.25, -0.2) is 0 Å². The monoisotopic (exact) mass is 345 g/mol. The van der Waals surface area contributed by atoms with Crippen LogP contribution in [0.1, 0.15) is 32.3 Å². The summed E-state index contributed by atoms with van der Waals surface area (Å²) >= 11 is 6.73. The number of thioether (sulfide) groups is 1. The largest absolute Gasteiger partial charge is 0.485 e. The second-order valence-corrected chi connectivity index (χ2v) is 7.30. The minimum Gasteiger partial charge on any atom is -0.485 e. The molecule has 0 saturated carbocycles. The number of unbranched alkanes of at least 4 members (excludes halogenated alkanes) is 1. The number of ether oxygens (including phenoxy) is 1. The minimum atomic E-state index is -0.0796. The Morgan fingerprint density at radius 2 is 2.17 bits per heavy atom. The van der Waals surface area contributed by atoms with Crippen LogP contribution in [0.4, 0.5) is 0 Å². The van der Waals surface area contributed by atoms with Crippen LogP contribution >= 0.6 is 24.0 Å². The first-order chi connectivity index (χ1) is 11.1. The zero-order valence-electron chi connectivity index (χ0n) is 13.2. The van der Waals surface area contributed by atoms with Crippen molar-refractivity contribution in [3.63, 3.8) is 0 Å². The SMILES string of the molecule is CCCCN1C(=O)C(=CC2=Cc3ccccc3OC2C)SC1=S. The number of amides is 1. The molecule has 120 valence electrons. The highest BCUT2D eigenvalue weighted by Gasteiger charge is 2.32. The summed E-state index contributed by atoms with van der Waals surface area (Å²) in [5.41, 5.74) is 2.04. The van der Waals surface area contributed by atoms with E-state index in [0.717, 1.165) is 29.7 Å². The summed E-state index contributed by atoms with van der Waals surface area (Å²) in [6.07, 6.45) is 5.94. The number of rotatable bonds is 4. The highest BCUT2D eigenvalue weighted by Crippen LogP contribution is 2.35. The summed E-state index contributed by atoms with van der Waals surface area (Å²) in [5, 5.41) is 0. The van der Waals surface area contributed by atoms with Crippen molar-refractivity contribution in [2.45, 2.75) is 32.8 Å². The van der Waals surface area contributed by atoms with E-state index in [4.69, 9.17) is 17.0 Å². The van der Waals surface area contributed by atoms with Gasteiger partial charge in [0, 0.05) is 12.1 Å². The molecule has 0 aromatic heterocycles. The molecule has 0 bridgehead atoms. The van der Waals surface area contributed by atoms with Crippen molar-refractivity contribution < 1.29 is 9.53 Å². The quantitative estimate of drug-likeness (QED) is 0.598. The van der Waals surface area contributed by atoms with E-state index in [1.54, 1.807) is 4.90 Å². The molecule has 1 fully saturated rings. The lowest BCUT2D eigenvalue weighted by Gasteiger charge is -2.23. The molecule has 3 rings (SSSR count). The summed E-state index contributed by atoms with van der Waals surface area (Å²) in [6, 6.07) is 7.92. The van der Waals surface area contributed by atoms with Crippen LogP contribution < -0.4 is 4.74 Å². The molecule has 0 radical (unpaired) electrons. The third kappa shape index (κ3) is 3.35. The Labute approximate surface area is 146 Å². The summed E-state index contributed by atoms with van der Waals surface area (Å²) < 4.78 is 6.58. The summed E-state index contributed by atoms with van der Waals surface area (Å²) in [4.78, 5) is 14.9. The maximum Gasteiger partial charge on any atom is 0.266 e. The molecule has 0 aliphatic carbocycles. The second kappa shape index (κ2) is 6.89. The Balaban J connectivity index is 1.86. The topological polar surface area (TPSA) is 29.5 Å². The third-order valence-corrected chi connectivity index (χ3v) is 5.30. The average Bonchev–Trinajstić information content (AvgIpc) is 2.80. The van der Waals surface area contributed by atoms with Gasteiger partial charge in [0.2, 0.25) is 0 Å².